The molecule has 0 atom stereocenters. The predicted molar refractivity (Wildman–Crippen MR) is 130 cm³/mol. The molecule has 0 unspecified atom stereocenters. The third kappa shape index (κ3) is 4.48. The van der Waals surface area contributed by atoms with Gasteiger partial charge in [0, 0.05) is 11.6 Å². The molecule has 0 aliphatic carbocycles. The molecule has 2 aromatic carbocycles. The molecular weight excluding hydrogens is 487 g/mol. The van der Waals surface area contributed by atoms with Crippen molar-refractivity contribution >= 4 is 22.8 Å². The summed E-state index contributed by atoms with van der Waals surface area (Å²) >= 11 is 0. The van der Waals surface area contributed by atoms with Gasteiger partial charge in [-0.15, -0.1) is 0 Å². The van der Waals surface area contributed by atoms with Gasteiger partial charge in [0.1, 0.15) is 11.2 Å². The van der Waals surface area contributed by atoms with Crippen molar-refractivity contribution in [3.05, 3.63) is 93.0 Å². The summed E-state index contributed by atoms with van der Waals surface area (Å²) in [5.74, 6) is -0.675. The second kappa shape index (κ2) is 8.73. The van der Waals surface area contributed by atoms with E-state index in [2.05, 4.69) is 25.5 Å². The van der Waals surface area contributed by atoms with E-state index in [-0.39, 0.29) is 28.4 Å². The van der Waals surface area contributed by atoms with Crippen LogP contribution in [-0.4, -0.2) is 35.4 Å². The Bertz CT molecular complexity index is 1730. The minimum absolute atomic E-state index is 0.00414. The minimum Gasteiger partial charge on any atom is -0.306 e. The molecule has 3 aromatic heterocycles. The smallest absolute Gasteiger partial charge is 0.306 e. The van der Waals surface area contributed by atoms with Crippen molar-refractivity contribution in [2.45, 2.75) is 26.9 Å². The van der Waals surface area contributed by atoms with Crippen molar-refractivity contribution in [2.24, 2.45) is 0 Å². The lowest BCUT2D eigenvalue weighted by molar-refractivity contribution is -0.137. The highest BCUT2D eigenvalue weighted by Gasteiger charge is 2.31. The van der Waals surface area contributed by atoms with Crippen molar-refractivity contribution < 1.29 is 18.0 Å². The molecular formula is C25H20F3N7O2. The third-order valence-electron chi connectivity index (χ3n) is 5.89. The van der Waals surface area contributed by atoms with E-state index >= 15 is 0 Å². The van der Waals surface area contributed by atoms with E-state index < -0.39 is 23.2 Å². The lowest BCUT2D eigenvalue weighted by atomic mass is 10.1. The van der Waals surface area contributed by atoms with Crippen LogP contribution in [0.15, 0.2) is 59.5 Å². The second-order valence-corrected chi connectivity index (χ2v) is 8.57. The molecule has 37 heavy (non-hydrogen) atoms. The fourth-order valence-electron chi connectivity index (χ4n) is 3.83. The number of H-pyrrole nitrogens is 1. The number of hydrogen-bond donors (Lipinski definition) is 2. The number of fused-ring (bicyclic) bond motifs is 1. The molecule has 5 rings (SSSR count). The molecule has 0 aliphatic rings. The van der Waals surface area contributed by atoms with E-state index in [0.29, 0.717) is 11.4 Å². The number of nitrogens with one attached hydrogen (secondary N) is 2. The Hall–Kier alpha value is -4.74. The maximum Gasteiger partial charge on any atom is 0.416 e. The summed E-state index contributed by atoms with van der Waals surface area (Å²) in [5, 5.41) is 11.4. The second-order valence-electron chi connectivity index (χ2n) is 8.57. The predicted octanol–water partition coefficient (Wildman–Crippen LogP) is 4.49. The van der Waals surface area contributed by atoms with Crippen molar-refractivity contribution in [3.8, 4) is 11.6 Å². The first kappa shape index (κ1) is 24.0. The third-order valence-corrected chi connectivity index (χ3v) is 5.89. The first-order valence-electron chi connectivity index (χ1n) is 11.1. The van der Waals surface area contributed by atoms with Crippen molar-refractivity contribution in [1.29, 1.82) is 0 Å². The summed E-state index contributed by atoms with van der Waals surface area (Å²) in [6.07, 6.45) is -3.18. The molecule has 0 aliphatic heterocycles. The van der Waals surface area contributed by atoms with Crippen LogP contribution in [0.3, 0.4) is 0 Å². The molecule has 5 aromatic rings. The SMILES string of the molecule is Cc1cc(NC(=O)c2cccc(C(F)(F)F)c2)n(-c2nc3c(cnn3-c3ccc(C)c(C)c3)c(=O)[nH]2)n1. The summed E-state index contributed by atoms with van der Waals surface area (Å²) in [7, 11) is 0. The molecule has 0 spiro atoms. The fraction of sp³-hybridized carbons (Fsp3) is 0.160. The molecule has 188 valence electrons. The Labute approximate surface area is 207 Å². The molecule has 9 nitrogen and oxygen atoms in total. The number of carbonyl (C=O) groups excluding carboxylic acids is 1. The molecule has 12 heteroatoms. The number of amides is 1. The van der Waals surface area contributed by atoms with Crippen molar-refractivity contribution in [2.75, 3.05) is 5.32 Å². The van der Waals surface area contributed by atoms with E-state index in [0.717, 1.165) is 29.3 Å². The highest BCUT2D eigenvalue weighted by molar-refractivity contribution is 6.04. The summed E-state index contributed by atoms with van der Waals surface area (Å²) in [4.78, 5) is 32.8. The minimum atomic E-state index is -4.59. The zero-order chi connectivity index (χ0) is 26.5. The Morgan fingerprint density at radius 3 is 2.51 bits per heavy atom. The van der Waals surface area contributed by atoms with Gasteiger partial charge in [0.05, 0.1) is 23.1 Å². The number of aryl methyl sites for hydroxylation is 3. The number of anilines is 1. The monoisotopic (exact) mass is 507 g/mol. The average molecular weight is 507 g/mol. The number of aromatic amines is 1. The van der Waals surface area contributed by atoms with Gasteiger partial charge in [-0.25, -0.2) is 4.68 Å². The molecule has 1 amide bonds. The van der Waals surface area contributed by atoms with Crippen LogP contribution >= 0.6 is 0 Å². The van der Waals surface area contributed by atoms with Crippen LogP contribution in [0.4, 0.5) is 19.0 Å². The number of nitrogens with zero attached hydrogens (tertiary/aromatic N) is 5. The molecule has 0 saturated heterocycles. The van der Waals surface area contributed by atoms with Gasteiger partial charge in [0.15, 0.2) is 5.65 Å². The quantitative estimate of drug-likeness (QED) is 0.373. The maximum absolute atomic E-state index is 13.1. The maximum atomic E-state index is 13.1. The van der Waals surface area contributed by atoms with Crippen LogP contribution in [0.25, 0.3) is 22.7 Å². The molecule has 2 N–H and O–H groups in total. The van der Waals surface area contributed by atoms with Crippen molar-refractivity contribution in [3.63, 3.8) is 0 Å². The number of halogens is 3. The van der Waals surface area contributed by atoms with E-state index in [1.807, 2.05) is 32.0 Å². The summed E-state index contributed by atoms with van der Waals surface area (Å²) < 4.78 is 42.0. The Morgan fingerprint density at radius 2 is 1.78 bits per heavy atom. The Morgan fingerprint density at radius 1 is 1.00 bits per heavy atom. The summed E-state index contributed by atoms with van der Waals surface area (Å²) in [6, 6.07) is 11.3. The lowest BCUT2D eigenvalue weighted by Crippen LogP contribution is -2.19. The van der Waals surface area contributed by atoms with E-state index in [9.17, 15) is 22.8 Å². The van der Waals surface area contributed by atoms with Gasteiger partial charge in [-0.1, -0.05) is 12.1 Å². The zero-order valence-corrected chi connectivity index (χ0v) is 19.9. The highest BCUT2D eigenvalue weighted by Crippen LogP contribution is 2.30. The van der Waals surface area contributed by atoms with Crippen LogP contribution in [0.5, 0.6) is 0 Å². The van der Waals surface area contributed by atoms with Crippen LogP contribution < -0.4 is 10.9 Å². The summed E-state index contributed by atoms with van der Waals surface area (Å²) in [5.41, 5.74) is 1.98. The van der Waals surface area contributed by atoms with Gasteiger partial charge in [-0.2, -0.15) is 33.0 Å². The van der Waals surface area contributed by atoms with E-state index in [1.165, 1.54) is 27.7 Å². The number of alkyl halides is 3. The molecule has 0 bridgehead atoms. The van der Waals surface area contributed by atoms with Gasteiger partial charge in [0.2, 0.25) is 5.95 Å². The van der Waals surface area contributed by atoms with Crippen LogP contribution in [0, 0.1) is 20.8 Å². The van der Waals surface area contributed by atoms with Gasteiger partial charge in [-0.05, 0) is 62.2 Å². The Balaban J connectivity index is 1.56. The normalized spacial score (nSPS) is 11.7. The number of benzene rings is 2. The largest absolute Gasteiger partial charge is 0.416 e. The number of rotatable bonds is 4. The first-order valence-corrected chi connectivity index (χ1v) is 11.1. The topological polar surface area (TPSA) is 110 Å². The standard InChI is InChI=1S/C25H20F3N7O2/c1-13-7-8-18(9-14(13)2)34-21-19(12-29-34)23(37)32-24(31-21)35-20(10-15(3)33-35)30-22(36)16-5-4-6-17(11-16)25(26,27)28/h4-12H,1-3H3,(H,30,36)(H,31,32,37). The van der Waals surface area contributed by atoms with Gasteiger partial charge in [-0.3, -0.25) is 14.6 Å². The van der Waals surface area contributed by atoms with Crippen LogP contribution in [0.2, 0.25) is 0 Å². The first-order chi connectivity index (χ1) is 17.5. The lowest BCUT2D eigenvalue weighted by Gasteiger charge is -2.11. The molecule has 0 saturated carbocycles. The molecule has 0 radical (unpaired) electrons. The number of hydrogen-bond acceptors (Lipinski definition) is 5. The molecule has 3 heterocycles. The number of carbonyl (C=O) groups is 1. The van der Waals surface area contributed by atoms with E-state index in [4.69, 9.17) is 0 Å². The fourth-order valence-corrected chi connectivity index (χ4v) is 3.83. The highest BCUT2D eigenvalue weighted by atomic mass is 19.4. The summed E-state index contributed by atoms with van der Waals surface area (Å²) in [6.45, 7) is 5.60. The van der Waals surface area contributed by atoms with Crippen LogP contribution in [0.1, 0.15) is 32.7 Å². The van der Waals surface area contributed by atoms with Gasteiger partial charge >= 0.3 is 6.18 Å². The van der Waals surface area contributed by atoms with E-state index in [1.54, 1.807) is 6.92 Å². The zero-order valence-electron chi connectivity index (χ0n) is 19.9. The Kier molecular flexibility index (Phi) is 5.66. The average Bonchev–Trinajstić information content (AvgIpc) is 3.44. The number of aromatic nitrogens is 6. The van der Waals surface area contributed by atoms with Crippen LogP contribution in [-0.2, 0) is 6.18 Å². The molecule has 0 fully saturated rings. The van der Waals surface area contributed by atoms with Gasteiger partial charge in [0.25, 0.3) is 11.5 Å². The van der Waals surface area contributed by atoms with Gasteiger partial charge < -0.3 is 5.32 Å². The van der Waals surface area contributed by atoms with Crippen molar-refractivity contribution in [1.82, 2.24) is 29.5 Å².